The summed E-state index contributed by atoms with van der Waals surface area (Å²) in [6, 6.07) is 0. The van der Waals surface area contributed by atoms with Crippen LogP contribution >= 0.6 is 11.5 Å². The lowest BCUT2D eigenvalue weighted by Crippen LogP contribution is -2.13. The zero-order valence-corrected chi connectivity index (χ0v) is 8.12. The van der Waals surface area contributed by atoms with Crippen LogP contribution in [-0.4, -0.2) is 16.4 Å². The first-order valence-corrected chi connectivity index (χ1v) is 4.33. The first-order chi connectivity index (χ1) is 5.04. The number of rotatable bonds is 1. The normalized spacial score (nSPS) is 11.6. The van der Waals surface area contributed by atoms with E-state index in [1.807, 2.05) is 7.05 Å². The van der Waals surface area contributed by atoms with Crippen molar-refractivity contribution in [3.63, 3.8) is 0 Å². The van der Waals surface area contributed by atoms with Gasteiger partial charge < -0.3 is 5.32 Å². The summed E-state index contributed by atoms with van der Waals surface area (Å²) in [6.45, 7) is 6.32. The lowest BCUT2D eigenvalue weighted by Gasteiger charge is -2.11. The molecule has 1 aromatic rings. The molecule has 3 nitrogen and oxygen atoms in total. The van der Waals surface area contributed by atoms with Crippen molar-refractivity contribution in [1.29, 1.82) is 0 Å². The summed E-state index contributed by atoms with van der Waals surface area (Å²) in [5.74, 6) is 0.909. The highest BCUT2D eigenvalue weighted by molar-refractivity contribution is 7.09. The van der Waals surface area contributed by atoms with Crippen molar-refractivity contribution in [2.75, 3.05) is 12.4 Å². The molecule has 0 atom stereocenters. The SMILES string of the molecule is CNc1nc(C(C)(C)C)ns1. The monoisotopic (exact) mass is 171 g/mol. The number of hydrogen-bond acceptors (Lipinski definition) is 4. The van der Waals surface area contributed by atoms with Crippen LogP contribution in [0.3, 0.4) is 0 Å². The van der Waals surface area contributed by atoms with E-state index in [0.29, 0.717) is 0 Å². The second kappa shape index (κ2) is 2.77. The van der Waals surface area contributed by atoms with E-state index in [1.54, 1.807) is 0 Å². The van der Waals surface area contributed by atoms with Crippen molar-refractivity contribution in [1.82, 2.24) is 9.36 Å². The third-order valence-corrected chi connectivity index (χ3v) is 2.04. The molecule has 0 radical (unpaired) electrons. The first kappa shape index (κ1) is 8.46. The number of nitrogens with one attached hydrogen (secondary N) is 1. The van der Waals surface area contributed by atoms with Crippen LogP contribution in [0.4, 0.5) is 5.13 Å². The van der Waals surface area contributed by atoms with Crippen LogP contribution in [0.2, 0.25) is 0 Å². The van der Waals surface area contributed by atoms with Crippen LogP contribution in [-0.2, 0) is 5.41 Å². The van der Waals surface area contributed by atoms with Crippen LogP contribution in [0.15, 0.2) is 0 Å². The highest BCUT2D eigenvalue weighted by Gasteiger charge is 2.18. The van der Waals surface area contributed by atoms with Gasteiger partial charge in [-0.25, -0.2) is 4.98 Å². The topological polar surface area (TPSA) is 37.8 Å². The molecule has 0 aliphatic heterocycles. The predicted octanol–water partition coefficient (Wildman–Crippen LogP) is 1.88. The molecule has 0 aliphatic rings. The molecular formula is C7H13N3S. The Morgan fingerprint density at radius 1 is 1.36 bits per heavy atom. The van der Waals surface area contributed by atoms with Crippen molar-refractivity contribution in [2.24, 2.45) is 0 Å². The van der Waals surface area contributed by atoms with Gasteiger partial charge in [0.15, 0.2) is 0 Å². The molecule has 62 valence electrons. The molecule has 11 heavy (non-hydrogen) atoms. The molecule has 1 aromatic heterocycles. The van der Waals surface area contributed by atoms with Crippen LogP contribution < -0.4 is 5.32 Å². The Morgan fingerprint density at radius 2 is 2.00 bits per heavy atom. The van der Waals surface area contributed by atoms with E-state index in [-0.39, 0.29) is 5.41 Å². The quantitative estimate of drug-likeness (QED) is 0.701. The second-order valence-electron chi connectivity index (χ2n) is 3.42. The molecule has 0 saturated carbocycles. The summed E-state index contributed by atoms with van der Waals surface area (Å²) < 4.78 is 4.23. The minimum atomic E-state index is 0.0611. The number of hydrogen-bond donors (Lipinski definition) is 1. The third-order valence-electron chi connectivity index (χ3n) is 1.31. The van der Waals surface area contributed by atoms with Gasteiger partial charge in [0.2, 0.25) is 5.13 Å². The van der Waals surface area contributed by atoms with Gasteiger partial charge in [-0.3, -0.25) is 0 Å². The van der Waals surface area contributed by atoms with Crippen LogP contribution in [0, 0.1) is 0 Å². The molecule has 0 aromatic carbocycles. The summed E-state index contributed by atoms with van der Waals surface area (Å²) in [5.41, 5.74) is 0.0611. The molecule has 0 amide bonds. The van der Waals surface area contributed by atoms with E-state index in [9.17, 15) is 0 Å². The van der Waals surface area contributed by atoms with Gasteiger partial charge in [0, 0.05) is 24.0 Å². The molecule has 1 heterocycles. The molecule has 0 unspecified atom stereocenters. The zero-order chi connectivity index (χ0) is 8.48. The summed E-state index contributed by atoms with van der Waals surface area (Å²) in [4.78, 5) is 4.30. The van der Waals surface area contributed by atoms with Crippen LogP contribution in [0.5, 0.6) is 0 Å². The van der Waals surface area contributed by atoms with Crippen molar-refractivity contribution in [3.05, 3.63) is 5.82 Å². The van der Waals surface area contributed by atoms with Crippen molar-refractivity contribution >= 4 is 16.7 Å². The third kappa shape index (κ3) is 1.89. The fourth-order valence-corrected chi connectivity index (χ4v) is 1.34. The van der Waals surface area contributed by atoms with E-state index in [2.05, 4.69) is 35.4 Å². The Morgan fingerprint density at radius 3 is 2.27 bits per heavy atom. The summed E-state index contributed by atoms with van der Waals surface area (Å²) in [5, 5.41) is 3.85. The van der Waals surface area contributed by atoms with Gasteiger partial charge in [-0.05, 0) is 0 Å². The smallest absolute Gasteiger partial charge is 0.202 e. The fraction of sp³-hybridized carbons (Fsp3) is 0.714. The maximum Gasteiger partial charge on any atom is 0.202 e. The van der Waals surface area contributed by atoms with E-state index in [0.717, 1.165) is 11.0 Å². The van der Waals surface area contributed by atoms with Gasteiger partial charge >= 0.3 is 0 Å². The lowest BCUT2D eigenvalue weighted by atomic mass is 9.96. The highest BCUT2D eigenvalue weighted by Crippen LogP contribution is 2.22. The number of nitrogens with zero attached hydrogens (tertiary/aromatic N) is 2. The minimum Gasteiger partial charge on any atom is -0.363 e. The molecular weight excluding hydrogens is 158 g/mol. The van der Waals surface area contributed by atoms with E-state index in [4.69, 9.17) is 0 Å². The molecule has 0 spiro atoms. The van der Waals surface area contributed by atoms with Gasteiger partial charge in [0.05, 0.1) is 0 Å². The predicted molar refractivity (Wildman–Crippen MR) is 48.2 cm³/mol. The maximum atomic E-state index is 4.30. The standard InChI is InChI=1S/C7H13N3S/c1-7(2,3)5-9-6(8-4)11-10-5/h1-4H3,(H,8,9,10). The Balaban J connectivity index is 2.89. The fourth-order valence-electron chi connectivity index (χ4n) is 0.630. The number of aromatic nitrogens is 2. The Labute approximate surface area is 71.0 Å². The maximum absolute atomic E-state index is 4.30. The minimum absolute atomic E-state index is 0.0611. The Bertz CT molecular complexity index is 236. The van der Waals surface area contributed by atoms with Gasteiger partial charge in [-0.2, -0.15) is 4.37 Å². The largest absolute Gasteiger partial charge is 0.363 e. The number of anilines is 1. The van der Waals surface area contributed by atoms with Crippen molar-refractivity contribution in [3.8, 4) is 0 Å². The second-order valence-corrected chi connectivity index (χ2v) is 4.17. The Hall–Kier alpha value is -0.640. The lowest BCUT2D eigenvalue weighted by molar-refractivity contribution is 0.555. The van der Waals surface area contributed by atoms with Crippen molar-refractivity contribution in [2.45, 2.75) is 26.2 Å². The van der Waals surface area contributed by atoms with E-state index < -0.39 is 0 Å². The summed E-state index contributed by atoms with van der Waals surface area (Å²) in [7, 11) is 1.85. The van der Waals surface area contributed by atoms with Gasteiger partial charge in [0.1, 0.15) is 5.82 Å². The molecule has 1 rings (SSSR count). The molecule has 0 saturated heterocycles. The molecule has 0 fully saturated rings. The Kier molecular flexibility index (Phi) is 2.13. The van der Waals surface area contributed by atoms with E-state index >= 15 is 0 Å². The van der Waals surface area contributed by atoms with Crippen molar-refractivity contribution < 1.29 is 0 Å². The molecule has 0 bridgehead atoms. The zero-order valence-electron chi connectivity index (χ0n) is 7.30. The first-order valence-electron chi connectivity index (χ1n) is 3.56. The molecule has 4 heteroatoms. The van der Waals surface area contributed by atoms with Gasteiger partial charge in [-0.1, -0.05) is 20.8 Å². The summed E-state index contributed by atoms with van der Waals surface area (Å²) >= 11 is 1.40. The van der Waals surface area contributed by atoms with Crippen LogP contribution in [0.1, 0.15) is 26.6 Å². The molecule has 1 N–H and O–H groups in total. The van der Waals surface area contributed by atoms with Gasteiger partial charge in [-0.15, -0.1) is 0 Å². The van der Waals surface area contributed by atoms with Crippen LogP contribution in [0.25, 0.3) is 0 Å². The summed E-state index contributed by atoms with van der Waals surface area (Å²) in [6.07, 6.45) is 0. The molecule has 0 aliphatic carbocycles. The van der Waals surface area contributed by atoms with E-state index in [1.165, 1.54) is 11.5 Å². The van der Waals surface area contributed by atoms with Gasteiger partial charge in [0.25, 0.3) is 0 Å². The average molecular weight is 171 g/mol. The highest BCUT2D eigenvalue weighted by atomic mass is 32.1. The average Bonchev–Trinajstić information content (AvgIpc) is 2.32.